The molecule has 5 nitrogen and oxygen atoms in total. The lowest BCUT2D eigenvalue weighted by atomic mass is 10.8. The van der Waals surface area contributed by atoms with Gasteiger partial charge in [0.05, 0.1) is 0 Å². The Balaban J connectivity index is 3.25. The molecule has 5 heteroatoms. The van der Waals surface area contributed by atoms with E-state index in [1.165, 1.54) is 9.25 Å². The second kappa shape index (κ2) is 3.00. The summed E-state index contributed by atoms with van der Waals surface area (Å²) in [7, 11) is 5.44. The second-order valence-corrected chi connectivity index (χ2v) is 2.85. The van der Waals surface area contributed by atoms with Crippen LogP contribution in [-0.4, -0.2) is 28.4 Å². The molecule has 0 bridgehead atoms. The first-order valence-electron chi connectivity index (χ1n) is 3.89. The van der Waals surface area contributed by atoms with Crippen LogP contribution in [0.3, 0.4) is 0 Å². The van der Waals surface area contributed by atoms with Gasteiger partial charge in [0.15, 0.2) is 0 Å². The lowest BCUT2D eigenvalue weighted by molar-refractivity contribution is 0.623. The Labute approximate surface area is 71.2 Å². The topological polar surface area (TPSA) is 43.1 Å². The normalized spacial score (nSPS) is 10.3. The summed E-state index contributed by atoms with van der Waals surface area (Å²) in [6.45, 7) is 2.51. The molecule has 0 spiro atoms. The number of nitrogens with zero attached hydrogens (tertiary/aromatic N) is 4. The minimum Gasteiger partial charge on any atom is -0.347 e. The van der Waals surface area contributed by atoms with E-state index in [1.807, 2.05) is 25.9 Å². The minimum absolute atomic E-state index is 0.0683. The molecule has 1 aromatic rings. The number of anilines is 1. The Morgan fingerprint density at radius 3 is 2.33 bits per heavy atom. The Morgan fingerprint density at radius 1 is 1.50 bits per heavy atom. The van der Waals surface area contributed by atoms with Gasteiger partial charge in [0.25, 0.3) is 0 Å². The van der Waals surface area contributed by atoms with Gasteiger partial charge in [0.1, 0.15) is 0 Å². The first-order chi connectivity index (χ1) is 5.57. The summed E-state index contributed by atoms with van der Waals surface area (Å²) in [5.74, 6) is 0.682. The van der Waals surface area contributed by atoms with Crippen molar-refractivity contribution in [2.45, 2.75) is 13.5 Å². The molecule has 68 valence electrons. The first-order valence-corrected chi connectivity index (χ1v) is 3.89. The van der Waals surface area contributed by atoms with Gasteiger partial charge in [0.2, 0.25) is 5.95 Å². The Kier molecular flexibility index (Phi) is 2.21. The Hall–Kier alpha value is -1.26. The molecule has 0 atom stereocenters. The largest absolute Gasteiger partial charge is 0.347 e. The molecule has 0 aliphatic rings. The molecular weight excluding hydrogens is 156 g/mol. The maximum atomic E-state index is 11.4. The van der Waals surface area contributed by atoms with Crippen molar-refractivity contribution in [2.24, 2.45) is 7.05 Å². The van der Waals surface area contributed by atoms with Gasteiger partial charge in [-0.3, -0.25) is 4.57 Å². The van der Waals surface area contributed by atoms with E-state index >= 15 is 0 Å². The van der Waals surface area contributed by atoms with Crippen molar-refractivity contribution in [3.05, 3.63) is 10.5 Å². The van der Waals surface area contributed by atoms with Gasteiger partial charge in [-0.05, 0) is 6.92 Å². The molecule has 1 rings (SSSR count). The fraction of sp³-hybridized carbons (Fsp3) is 0.714. The van der Waals surface area contributed by atoms with Gasteiger partial charge in [-0.2, -0.15) is 0 Å². The first kappa shape index (κ1) is 8.83. The van der Waals surface area contributed by atoms with Crippen LogP contribution in [0.1, 0.15) is 6.92 Å². The summed E-state index contributed by atoms with van der Waals surface area (Å²) in [4.78, 5) is 13.2. The standard InChI is InChI=1S/C7H14N4O/c1-5-11-7(12)10(4)6(8-11)9(2)3/h5H2,1-4H3. The molecule has 12 heavy (non-hydrogen) atoms. The predicted molar refractivity (Wildman–Crippen MR) is 47.5 cm³/mol. The van der Waals surface area contributed by atoms with Crippen LogP contribution >= 0.6 is 0 Å². The van der Waals surface area contributed by atoms with Gasteiger partial charge >= 0.3 is 5.69 Å². The van der Waals surface area contributed by atoms with E-state index in [2.05, 4.69) is 5.10 Å². The number of aryl methyl sites for hydroxylation is 1. The van der Waals surface area contributed by atoms with E-state index in [9.17, 15) is 4.79 Å². The molecule has 0 fully saturated rings. The number of hydrogen-bond acceptors (Lipinski definition) is 3. The monoisotopic (exact) mass is 170 g/mol. The van der Waals surface area contributed by atoms with Crippen LogP contribution in [0.25, 0.3) is 0 Å². The highest BCUT2D eigenvalue weighted by molar-refractivity contribution is 5.25. The van der Waals surface area contributed by atoms with Gasteiger partial charge in [0, 0.05) is 27.7 Å². The van der Waals surface area contributed by atoms with Gasteiger partial charge in [-0.15, -0.1) is 5.10 Å². The van der Waals surface area contributed by atoms with Crippen molar-refractivity contribution in [2.75, 3.05) is 19.0 Å². The number of hydrogen-bond donors (Lipinski definition) is 0. The molecule has 0 aliphatic carbocycles. The average Bonchev–Trinajstić information content (AvgIpc) is 2.30. The Morgan fingerprint density at radius 2 is 2.08 bits per heavy atom. The smallest absolute Gasteiger partial charge is 0.347 e. The molecule has 0 saturated carbocycles. The third-order valence-electron chi connectivity index (χ3n) is 1.72. The minimum atomic E-state index is -0.0683. The molecule has 0 unspecified atom stereocenters. The van der Waals surface area contributed by atoms with Crippen molar-refractivity contribution >= 4 is 5.95 Å². The SMILES string of the molecule is CCn1nc(N(C)C)n(C)c1=O. The maximum Gasteiger partial charge on any atom is 0.347 e. The maximum absolute atomic E-state index is 11.4. The summed E-state index contributed by atoms with van der Waals surface area (Å²) >= 11 is 0. The molecule has 0 amide bonds. The molecule has 1 heterocycles. The van der Waals surface area contributed by atoms with E-state index in [1.54, 1.807) is 7.05 Å². The summed E-state index contributed by atoms with van der Waals surface area (Å²) in [6, 6.07) is 0. The molecule has 0 saturated heterocycles. The van der Waals surface area contributed by atoms with E-state index in [4.69, 9.17) is 0 Å². The van der Waals surface area contributed by atoms with E-state index < -0.39 is 0 Å². The van der Waals surface area contributed by atoms with E-state index in [0.29, 0.717) is 12.5 Å². The summed E-state index contributed by atoms with van der Waals surface area (Å²) in [5.41, 5.74) is -0.0683. The van der Waals surface area contributed by atoms with E-state index in [0.717, 1.165) is 0 Å². The third kappa shape index (κ3) is 1.22. The fourth-order valence-corrected chi connectivity index (χ4v) is 1.07. The highest BCUT2D eigenvalue weighted by Crippen LogP contribution is 2.00. The second-order valence-electron chi connectivity index (χ2n) is 2.85. The summed E-state index contributed by atoms with van der Waals surface area (Å²) in [5, 5.41) is 4.12. The zero-order chi connectivity index (χ0) is 9.30. The van der Waals surface area contributed by atoms with Crippen molar-refractivity contribution in [1.29, 1.82) is 0 Å². The number of rotatable bonds is 2. The van der Waals surface area contributed by atoms with Crippen molar-refractivity contribution < 1.29 is 0 Å². The predicted octanol–water partition coefficient (Wildman–Crippen LogP) is -0.332. The summed E-state index contributed by atoms with van der Waals surface area (Å²) in [6.07, 6.45) is 0. The lowest BCUT2D eigenvalue weighted by Crippen LogP contribution is -2.23. The zero-order valence-electron chi connectivity index (χ0n) is 7.90. The number of aromatic nitrogens is 3. The van der Waals surface area contributed by atoms with Crippen molar-refractivity contribution in [3.63, 3.8) is 0 Å². The molecule has 0 aliphatic heterocycles. The molecule has 0 aromatic carbocycles. The van der Waals surface area contributed by atoms with Crippen LogP contribution in [0.2, 0.25) is 0 Å². The molecule has 0 radical (unpaired) electrons. The third-order valence-corrected chi connectivity index (χ3v) is 1.72. The Bertz CT molecular complexity index is 323. The highest BCUT2D eigenvalue weighted by Gasteiger charge is 2.09. The van der Waals surface area contributed by atoms with Crippen molar-refractivity contribution in [3.8, 4) is 0 Å². The van der Waals surface area contributed by atoms with Crippen LogP contribution in [0, 0.1) is 0 Å². The fourth-order valence-electron chi connectivity index (χ4n) is 1.07. The van der Waals surface area contributed by atoms with Crippen LogP contribution < -0.4 is 10.6 Å². The average molecular weight is 170 g/mol. The molecule has 0 N–H and O–H groups in total. The van der Waals surface area contributed by atoms with Gasteiger partial charge in [-0.1, -0.05) is 0 Å². The highest BCUT2D eigenvalue weighted by atomic mass is 16.2. The van der Waals surface area contributed by atoms with Crippen LogP contribution in [0.15, 0.2) is 4.79 Å². The quantitative estimate of drug-likeness (QED) is 0.610. The molecule has 1 aromatic heterocycles. The lowest BCUT2D eigenvalue weighted by Gasteiger charge is -2.08. The molecular formula is C7H14N4O. The van der Waals surface area contributed by atoms with Crippen LogP contribution in [-0.2, 0) is 13.6 Å². The zero-order valence-corrected chi connectivity index (χ0v) is 7.90. The van der Waals surface area contributed by atoms with Crippen molar-refractivity contribution in [1.82, 2.24) is 14.3 Å². The van der Waals surface area contributed by atoms with Crippen LogP contribution in [0.4, 0.5) is 5.95 Å². The van der Waals surface area contributed by atoms with Gasteiger partial charge < -0.3 is 4.90 Å². The van der Waals surface area contributed by atoms with Crippen LogP contribution in [0.5, 0.6) is 0 Å². The van der Waals surface area contributed by atoms with E-state index in [-0.39, 0.29) is 5.69 Å². The summed E-state index contributed by atoms with van der Waals surface area (Å²) < 4.78 is 2.97. The van der Waals surface area contributed by atoms with Gasteiger partial charge in [-0.25, -0.2) is 9.48 Å².